The molecule has 21 heavy (non-hydrogen) atoms. The van der Waals surface area contributed by atoms with E-state index in [-0.39, 0.29) is 0 Å². The van der Waals surface area contributed by atoms with E-state index < -0.39 is 17.1 Å². The molecule has 0 spiro atoms. The van der Waals surface area contributed by atoms with Crippen LogP contribution in [0.4, 0.5) is 0 Å². The van der Waals surface area contributed by atoms with Crippen LogP contribution in [-0.4, -0.2) is 30.3 Å². The van der Waals surface area contributed by atoms with Gasteiger partial charge in [0.1, 0.15) is 0 Å². The smallest absolute Gasteiger partial charge is 0.360 e. The van der Waals surface area contributed by atoms with Gasteiger partial charge in [-0.3, -0.25) is 0 Å². The molecule has 1 saturated heterocycles. The monoisotopic (exact) mass is 316 g/mol. The predicted molar refractivity (Wildman–Crippen MR) is 88.4 cm³/mol. The van der Waals surface area contributed by atoms with Gasteiger partial charge in [0.05, 0.1) is 13.2 Å². The summed E-state index contributed by atoms with van der Waals surface area (Å²) in [5, 5.41) is 2.32. The number of benzene rings is 2. The van der Waals surface area contributed by atoms with Crippen LogP contribution in [0.25, 0.3) is 0 Å². The first-order valence-electron chi connectivity index (χ1n) is 7.22. The van der Waals surface area contributed by atoms with Crippen LogP contribution in [0, 0.1) is 0 Å². The Morgan fingerprint density at radius 2 is 1.05 bits per heavy atom. The van der Waals surface area contributed by atoms with E-state index in [1.165, 1.54) is 0 Å². The van der Waals surface area contributed by atoms with Crippen molar-refractivity contribution in [3.8, 4) is 0 Å². The molecule has 0 aliphatic carbocycles. The molecule has 1 aliphatic heterocycles. The molecule has 1 fully saturated rings. The maximum absolute atomic E-state index is 6.59. The van der Waals surface area contributed by atoms with E-state index >= 15 is 0 Å². The standard InChI is InChI=1S/C16H20O3Si2/c1-20(15-9-5-3-6-10-15)17-13-14-18-21(2,19-20)16-11-7-4-8-12-16/h3-12H,13-14H2,1-2H3. The van der Waals surface area contributed by atoms with E-state index in [1.807, 2.05) is 36.4 Å². The van der Waals surface area contributed by atoms with Gasteiger partial charge in [0.15, 0.2) is 0 Å². The SMILES string of the molecule is C[Si]1(c2ccccc2)OCCO[Si](C)(c2ccccc2)O1. The first-order valence-corrected chi connectivity index (χ1v) is 11.8. The van der Waals surface area contributed by atoms with Gasteiger partial charge in [-0.25, -0.2) is 0 Å². The number of rotatable bonds is 2. The fourth-order valence-corrected chi connectivity index (χ4v) is 9.93. The minimum Gasteiger partial charge on any atom is -0.408 e. The second kappa shape index (κ2) is 5.86. The van der Waals surface area contributed by atoms with E-state index in [2.05, 4.69) is 37.4 Å². The molecular weight excluding hydrogens is 296 g/mol. The third-order valence-corrected chi connectivity index (χ3v) is 11.2. The Balaban J connectivity index is 1.98. The maximum Gasteiger partial charge on any atom is 0.360 e. The fraction of sp³-hybridized carbons (Fsp3) is 0.250. The molecule has 1 aliphatic rings. The van der Waals surface area contributed by atoms with Crippen molar-refractivity contribution in [2.45, 2.75) is 13.1 Å². The third-order valence-electron chi connectivity index (χ3n) is 3.82. The summed E-state index contributed by atoms with van der Waals surface area (Å²) in [6, 6.07) is 20.6. The molecule has 0 bridgehead atoms. The molecule has 0 amide bonds. The summed E-state index contributed by atoms with van der Waals surface area (Å²) in [5.74, 6) is 0. The molecule has 5 heteroatoms. The topological polar surface area (TPSA) is 27.7 Å². The third kappa shape index (κ3) is 3.02. The Bertz CT molecular complexity index is 539. The molecule has 2 aromatic carbocycles. The van der Waals surface area contributed by atoms with Crippen molar-refractivity contribution < 1.29 is 13.0 Å². The van der Waals surface area contributed by atoms with E-state index in [1.54, 1.807) is 0 Å². The lowest BCUT2D eigenvalue weighted by molar-refractivity contribution is 0.224. The minimum absolute atomic E-state index is 0.590. The van der Waals surface area contributed by atoms with Gasteiger partial charge < -0.3 is 13.0 Å². The Morgan fingerprint density at radius 1 is 0.667 bits per heavy atom. The van der Waals surface area contributed by atoms with Crippen molar-refractivity contribution in [3.05, 3.63) is 60.7 Å². The molecule has 0 aromatic heterocycles. The molecule has 110 valence electrons. The molecule has 0 saturated carbocycles. The Kier molecular flexibility index (Phi) is 4.10. The summed E-state index contributed by atoms with van der Waals surface area (Å²) in [4.78, 5) is 0. The number of hydrogen-bond donors (Lipinski definition) is 0. The molecule has 3 rings (SSSR count). The van der Waals surface area contributed by atoms with E-state index in [0.29, 0.717) is 13.2 Å². The fourth-order valence-electron chi connectivity index (χ4n) is 2.67. The van der Waals surface area contributed by atoms with Crippen LogP contribution < -0.4 is 10.4 Å². The van der Waals surface area contributed by atoms with Crippen molar-refractivity contribution >= 4 is 27.5 Å². The molecule has 2 unspecified atom stereocenters. The van der Waals surface area contributed by atoms with E-state index in [4.69, 9.17) is 13.0 Å². The van der Waals surface area contributed by atoms with Gasteiger partial charge in [0.25, 0.3) is 0 Å². The van der Waals surface area contributed by atoms with Crippen LogP contribution in [0.1, 0.15) is 0 Å². The molecule has 0 radical (unpaired) electrons. The van der Waals surface area contributed by atoms with Crippen molar-refractivity contribution in [3.63, 3.8) is 0 Å². The highest BCUT2D eigenvalue weighted by Gasteiger charge is 2.47. The molecule has 2 aromatic rings. The molecule has 1 heterocycles. The van der Waals surface area contributed by atoms with Gasteiger partial charge in [-0.15, -0.1) is 0 Å². The Labute approximate surface area is 128 Å². The first kappa shape index (κ1) is 14.7. The van der Waals surface area contributed by atoms with Gasteiger partial charge in [-0.1, -0.05) is 60.7 Å². The summed E-state index contributed by atoms with van der Waals surface area (Å²) in [5.41, 5.74) is 0. The van der Waals surface area contributed by atoms with Gasteiger partial charge in [0.2, 0.25) is 0 Å². The van der Waals surface area contributed by atoms with Gasteiger partial charge >= 0.3 is 17.1 Å². The van der Waals surface area contributed by atoms with Crippen LogP contribution >= 0.6 is 0 Å². The highest BCUT2D eigenvalue weighted by Crippen LogP contribution is 2.20. The average Bonchev–Trinajstić information content (AvgIpc) is 2.69. The largest absolute Gasteiger partial charge is 0.408 e. The quantitative estimate of drug-likeness (QED) is 0.793. The van der Waals surface area contributed by atoms with E-state index in [9.17, 15) is 0 Å². The normalized spacial score (nSPS) is 29.8. The summed E-state index contributed by atoms with van der Waals surface area (Å²) >= 11 is 0. The lowest BCUT2D eigenvalue weighted by atomic mass is 10.4. The lowest BCUT2D eigenvalue weighted by Crippen LogP contribution is -2.61. The average molecular weight is 317 g/mol. The zero-order chi connectivity index (χ0) is 14.8. The highest BCUT2D eigenvalue weighted by atomic mass is 28.5. The lowest BCUT2D eigenvalue weighted by Gasteiger charge is -2.33. The van der Waals surface area contributed by atoms with Crippen LogP contribution in [-0.2, 0) is 13.0 Å². The highest BCUT2D eigenvalue weighted by molar-refractivity contribution is 6.92. The van der Waals surface area contributed by atoms with Crippen molar-refractivity contribution in [2.24, 2.45) is 0 Å². The summed E-state index contributed by atoms with van der Waals surface area (Å²) in [6.45, 7) is 5.41. The van der Waals surface area contributed by atoms with Gasteiger partial charge in [-0.05, 0) is 23.5 Å². The van der Waals surface area contributed by atoms with Crippen molar-refractivity contribution in [2.75, 3.05) is 13.2 Å². The second-order valence-electron chi connectivity index (χ2n) is 5.42. The van der Waals surface area contributed by atoms with Gasteiger partial charge in [-0.2, -0.15) is 0 Å². The molecular formula is C16H20O3Si2. The van der Waals surface area contributed by atoms with Crippen LogP contribution in [0.2, 0.25) is 13.1 Å². The van der Waals surface area contributed by atoms with E-state index in [0.717, 1.165) is 10.4 Å². The molecule has 0 N–H and O–H groups in total. The Hall–Kier alpha value is -1.25. The summed E-state index contributed by atoms with van der Waals surface area (Å²) < 4.78 is 18.8. The summed E-state index contributed by atoms with van der Waals surface area (Å²) in [6.07, 6.45) is 0. The maximum atomic E-state index is 6.59. The molecule has 3 nitrogen and oxygen atoms in total. The van der Waals surface area contributed by atoms with Crippen molar-refractivity contribution in [1.29, 1.82) is 0 Å². The Morgan fingerprint density at radius 3 is 1.43 bits per heavy atom. The zero-order valence-corrected chi connectivity index (χ0v) is 14.4. The first-order chi connectivity index (χ1) is 10.1. The van der Waals surface area contributed by atoms with Crippen molar-refractivity contribution in [1.82, 2.24) is 0 Å². The van der Waals surface area contributed by atoms with Crippen LogP contribution in [0.5, 0.6) is 0 Å². The molecule has 2 atom stereocenters. The number of hydrogen-bond acceptors (Lipinski definition) is 3. The van der Waals surface area contributed by atoms with Crippen LogP contribution in [0.15, 0.2) is 60.7 Å². The van der Waals surface area contributed by atoms with Gasteiger partial charge in [0, 0.05) is 0 Å². The second-order valence-corrected chi connectivity index (χ2v) is 11.8. The predicted octanol–water partition coefficient (Wildman–Crippen LogP) is 2.01. The van der Waals surface area contributed by atoms with Crippen LogP contribution in [0.3, 0.4) is 0 Å². The minimum atomic E-state index is -2.44. The zero-order valence-electron chi connectivity index (χ0n) is 12.4. The summed E-state index contributed by atoms with van der Waals surface area (Å²) in [7, 11) is -4.89.